The highest BCUT2D eigenvalue weighted by atomic mass is 35.5. The number of nitrogens with one attached hydrogen (secondary N) is 1. The second kappa shape index (κ2) is 11.6. The highest BCUT2D eigenvalue weighted by Crippen LogP contribution is 2.32. The summed E-state index contributed by atoms with van der Waals surface area (Å²) in [4.78, 5) is 30.1. The van der Waals surface area contributed by atoms with Gasteiger partial charge in [-0.25, -0.2) is 0 Å². The summed E-state index contributed by atoms with van der Waals surface area (Å²) in [6.45, 7) is 2.50. The third-order valence-electron chi connectivity index (χ3n) is 6.71. The third-order valence-corrected chi connectivity index (χ3v) is 6.96. The summed E-state index contributed by atoms with van der Waals surface area (Å²) in [7, 11) is 1.62. The lowest BCUT2D eigenvalue weighted by atomic mass is 9.95. The van der Waals surface area contributed by atoms with Gasteiger partial charge >= 0.3 is 0 Å². The van der Waals surface area contributed by atoms with Gasteiger partial charge in [0.1, 0.15) is 11.5 Å². The Morgan fingerprint density at radius 3 is 2.21 bits per heavy atom. The second-order valence-electron chi connectivity index (χ2n) is 8.87. The van der Waals surface area contributed by atoms with E-state index in [9.17, 15) is 9.59 Å². The number of hydrogen-bond acceptors (Lipinski definition) is 5. The van der Waals surface area contributed by atoms with Crippen molar-refractivity contribution in [3.05, 3.63) is 53.6 Å². The number of anilines is 1. The summed E-state index contributed by atoms with van der Waals surface area (Å²) in [6, 6.07) is 14.2. The van der Waals surface area contributed by atoms with Crippen molar-refractivity contribution in [2.45, 2.75) is 31.7 Å². The molecule has 0 radical (unpaired) electrons. The maximum absolute atomic E-state index is 13.4. The first-order chi connectivity index (χ1) is 16.5. The minimum absolute atomic E-state index is 0.00829. The number of carbonyl (C=O) groups excluding carboxylic acids is 2. The molecule has 4 rings (SSSR count). The van der Waals surface area contributed by atoms with Crippen molar-refractivity contribution < 1.29 is 19.1 Å². The van der Waals surface area contributed by atoms with Crippen molar-refractivity contribution in [2.24, 2.45) is 5.92 Å². The van der Waals surface area contributed by atoms with E-state index < -0.39 is 0 Å². The second-order valence-corrected chi connectivity index (χ2v) is 9.30. The van der Waals surface area contributed by atoms with Crippen LogP contribution in [0.25, 0.3) is 0 Å². The normalized spacial score (nSPS) is 17.9. The molecule has 1 N–H and O–H groups in total. The highest BCUT2D eigenvalue weighted by Gasteiger charge is 2.37. The minimum atomic E-state index is -0.188. The average Bonchev–Trinajstić information content (AvgIpc) is 3.39. The van der Waals surface area contributed by atoms with Crippen LogP contribution in [0, 0.1) is 5.92 Å². The molecule has 182 valence electrons. The van der Waals surface area contributed by atoms with Gasteiger partial charge in [-0.15, -0.1) is 0 Å². The standard InChI is InChI=1S/C26H32ClN3O4/c1-33-22-12-8-21(9-13-22)28-26(32)25(19-4-2-3-5-19)30-16-14-29(15-17-30)24(31)18-34-23-10-6-20(27)7-11-23/h6-13,19,25H,2-5,14-18H2,1H3,(H,28,32). The van der Waals surface area contributed by atoms with Crippen LogP contribution in [0.2, 0.25) is 5.02 Å². The Kier molecular flexibility index (Phi) is 8.29. The van der Waals surface area contributed by atoms with Crippen LogP contribution in [0.3, 0.4) is 0 Å². The molecule has 0 bridgehead atoms. The van der Waals surface area contributed by atoms with Gasteiger partial charge in [-0.2, -0.15) is 0 Å². The van der Waals surface area contributed by atoms with Crippen molar-refractivity contribution >= 4 is 29.1 Å². The van der Waals surface area contributed by atoms with Gasteiger partial charge in [-0.05, 0) is 67.3 Å². The smallest absolute Gasteiger partial charge is 0.260 e. The van der Waals surface area contributed by atoms with E-state index in [1.807, 2.05) is 29.2 Å². The molecule has 1 saturated heterocycles. The molecule has 1 aliphatic carbocycles. The zero-order valence-corrected chi connectivity index (χ0v) is 20.3. The Hall–Kier alpha value is -2.77. The van der Waals surface area contributed by atoms with E-state index in [0.717, 1.165) is 37.1 Å². The van der Waals surface area contributed by atoms with Crippen LogP contribution < -0.4 is 14.8 Å². The highest BCUT2D eigenvalue weighted by molar-refractivity contribution is 6.30. The molecule has 1 aliphatic heterocycles. The number of rotatable bonds is 8. The Balaban J connectivity index is 1.33. The largest absolute Gasteiger partial charge is 0.497 e. The van der Waals surface area contributed by atoms with E-state index >= 15 is 0 Å². The summed E-state index contributed by atoms with van der Waals surface area (Å²) < 4.78 is 10.8. The van der Waals surface area contributed by atoms with Crippen LogP contribution in [-0.4, -0.2) is 67.6 Å². The first-order valence-corrected chi connectivity index (χ1v) is 12.3. The lowest BCUT2D eigenvalue weighted by Crippen LogP contribution is -2.57. The van der Waals surface area contributed by atoms with Crippen LogP contribution in [-0.2, 0) is 9.59 Å². The van der Waals surface area contributed by atoms with Crippen LogP contribution >= 0.6 is 11.6 Å². The van der Waals surface area contributed by atoms with Crippen molar-refractivity contribution in [3.8, 4) is 11.5 Å². The number of piperazine rings is 1. The summed E-state index contributed by atoms with van der Waals surface area (Å²) in [6.07, 6.45) is 4.46. The number of hydrogen-bond donors (Lipinski definition) is 1. The maximum atomic E-state index is 13.4. The van der Waals surface area contributed by atoms with E-state index in [1.54, 1.807) is 31.4 Å². The quantitative estimate of drug-likeness (QED) is 0.610. The van der Waals surface area contributed by atoms with E-state index in [0.29, 0.717) is 42.9 Å². The topological polar surface area (TPSA) is 71.1 Å². The van der Waals surface area contributed by atoms with Gasteiger partial charge in [0.05, 0.1) is 13.2 Å². The number of benzene rings is 2. The van der Waals surface area contributed by atoms with Gasteiger partial charge in [0.15, 0.2) is 6.61 Å². The molecule has 2 amide bonds. The van der Waals surface area contributed by atoms with Gasteiger partial charge < -0.3 is 19.7 Å². The van der Waals surface area contributed by atoms with Gasteiger partial charge in [-0.1, -0.05) is 24.4 Å². The fraction of sp³-hybridized carbons (Fsp3) is 0.462. The Labute approximate surface area is 206 Å². The molecule has 7 nitrogen and oxygen atoms in total. The number of ether oxygens (including phenoxy) is 2. The number of amides is 2. The Bertz CT molecular complexity index is 953. The van der Waals surface area contributed by atoms with E-state index in [1.165, 1.54) is 0 Å². The fourth-order valence-corrected chi connectivity index (χ4v) is 4.98. The number of halogens is 1. The van der Waals surface area contributed by atoms with E-state index in [-0.39, 0.29) is 24.5 Å². The lowest BCUT2D eigenvalue weighted by Gasteiger charge is -2.40. The van der Waals surface area contributed by atoms with Gasteiger partial charge in [0.25, 0.3) is 5.91 Å². The van der Waals surface area contributed by atoms with Gasteiger partial charge in [-0.3, -0.25) is 14.5 Å². The lowest BCUT2D eigenvalue weighted by molar-refractivity contribution is -0.136. The summed E-state index contributed by atoms with van der Waals surface area (Å²) >= 11 is 5.89. The molecule has 8 heteroatoms. The summed E-state index contributed by atoms with van der Waals surface area (Å²) in [5.41, 5.74) is 0.766. The molecule has 2 aromatic rings. The number of carbonyl (C=O) groups is 2. The zero-order chi connectivity index (χ0) is 23.9. The summed E-state index contributed by atoms with van der Waals surface area (Å²) in [5, 5.41) is 3.73. The summed E-state index contributed by atoms with van der Waals surface area (Å²) in [5.74, 6) is 1.70. The Morgan fingerprint density at radius 1 is 0.971 bits per heavy atom. The van der Waals surface area contributed by atoms with Gasteiger partial charge in [0, 0.05) is 36.9 Å². The average molecular weight is 486 g/mol. The molecule has 34 heavy (non-hydrogen) atoms. The van der Waals surface area contributed by atoms with Crippen molar-refractivity contribution in [3.63, 3.8) is 0 Å². The first-order valence-electron chi connectivity index (χ1n) is 11.9. The van der Waals surface area contributed by atoms with E-state index in [2.05, 4.69) is 10.2 Å². The molecule has 0 aromatic heterocycles. The van der Waals surface area contributed by atoms with Crippen LogP contribution in [0.4, 0.5) is 5.69 Å². The predicted octanol–water partition coefficient (Wildman–Crippen LogP) is 4.07. The number of nitrogens with zero attached hydrogens (tertiary/aromatic N) is 2. The monoisotopic (exact) mass is 485 g/mol. The third kappa shape index (κ3) is 6.21. The SMILES string of the molecule is COc1ccc(NC(=O)C(C2CCCC2)N2CCN(C(=O)COc3ccc(Cl)cc3)CC2)cc1. The number of methoxy groups -OCH3 is 1. The molecule has 1 saturated carbocycles. The van der Waals surface area contributed by atoms with Crippen LogP contribution in [0.15, 0.2) is 48.5 Å². The zero-order valence-electron chi connectivity index (χ0n) is 19.5. The molecule has 1 unspecified atom stereocenters. The predicted molar refractivity (Wildman–Crippen MR) is 132 cm³/mol. The maximum Gasteiger partial charge on any atom is 0.260 e. The Morgan fingerprint density at radius 2 is 1.59 bits per heavy atom. The first kappa shape index (κ1) is 24.4. The van der Waals surface area contributed by atoms with Gasteiger partial charge in [0.2, 0.25) is 5.91 Å². The minimum Gasteiger partial charge on any atom is -0.497 e. The molecule has 1 heterocycles. The van der Waals surface area contributed by atoms with E-state index in [4.69, 9.17) is 21.1 Å². The molecule has 1 atom stereocenters. The van der Waals surface area contributed by atoms with Crippen LogP contribution in [0.5, 0.6) is 11.5 Å². The molecule has 2 aromatic carbocycles. The molecule has 2 fully saturated rings. The van der Waals surface area contributed by atoms with Crippen molar-refractivity contribution in [2.75, 3.05) is 45.2 Å². The molecular formula is C26H32ClN3O4. The molecule has 2 aliphatic rings. The fourth-order valence-electron chi connectivity index (χ4n) is 4.86. The van der Waals surface area contributed by atoms with Crippen molar-refractivity contribution in [1.29, 1.82) is 0 Å². The molecule has 0 spiro atoms. The molecular weight excluding hydrogens is 454 g/mol. The van der Waals surface area contributed by atoms with Crippen molar-refractivity contribution in [1.82, 2.24) is 9.80 Å². The van der Waals surface area contributed by atoms with Crippen LogP contribution in [0.1, 0.15) is 25.7 Å².